The van der Waals surface area contributed by atoms with Gasteiger partial charge in [-0.2, -0.15) is 5.10 Å². The summed E-state index contributed by atoms with van der Waals surface area (Å²) in [4.78, 5) is 15.3. The van der Waals surface area contributed by atoms with E-state index in [4.69, 9.17) is 9.84 Å². The third-order valence-electron chi connectivity index (χ3n) is 7.13. The van der Waals surface area contributed by atoms with Crippen LogP contribution in [0.2, 0.25) is 0 Å². The quantitative estimate of drug-likeness (QED) is 0.674. The van der Waals surface area contributed by atoms with Crippen LogP contribution in [0.3, 0.4) is 0 Å². The van der Waals surface area contributed by atoms with Gasteiger partial charge in [0, 0.05) is 42.3 Å². The van der Waals surface area contributed by atoms with Crippen molar-refractivity contribution in [2.24, 2.45) is 5.41 Å². The van der Waals surface area contributed by atoms with Crippen LogP contribution in [0.25, 0.3) is 0 Å². The molecule has 0 atom stereocenters. The van der Waals surface area contributed by atoms with Gasteiger partial charge in [-0.05, 0) is 72.3 Å². The molecule has 1 aromatic rings. The van der Waals surface area contributed by atoms with Crippen molar-refractivity contribution >= 4 is 6.09 Å². The average Bonchev–Trinajstić information content (AvgIpc) is 3.14. The molecule has 7 nitrogen and oxygen atoms in total. The van der Waals surface area contributed by atoms with E-state index in [1.54, 1.807) is 0 Å². The smallest absolute Gasteiger partial charge is 0.407 e. The van der Waals surface area contributed by atoms with E-state index in [-0.39, 0.29) is 5.60 Å². The standard InChI is InChI=1S/C24H42N4O3/c1-17-19(14-27(7)12-13-28(21(29)30)22(2,3)4)20(26-25-17)18-8-10-24(11-9-18)15-23(5,6)16-31-24/h18H,8-16H2,1-7H3,(H,25,26)(H,29,30). The lowest BCUT2D eigenvalue weighted by Crippen LogP contribution is -2.48. The molecule has 2 N–H and O–H groups in total. The summed E-state index contributed by atoms with van der Waals surface area (Å²) in [5.74, 6) is 0.469. The molecule has 1 saturated heterocycles. The molecule has 31 heavy (non-hydrogen) atoms. The minimum absolute atomic E-state index is 0.0789. The monoisotopic (exact) mass is 434 g/mol. The summed E-state index contributed by atoms with van der Waals surface area (Å²) in [6, 6.07) is 0. The predicted octanol–water partition coefficient (Wildman–Crippen LogP) is 4.77. The highest BCUT2D eigenvalue weighted by molar-refractivity contribution is 5.65. The summed E-state index contributed by atoms with van der Waals surface area (Å²) in [6.07, 6.45) is 4.76. The number of aromatic nitrogens is 2. The molecule has 0 radical (unpaired) electrons. The van der Waals surface area contributed by atoms with Crippen LogP contribution in [0.5, 0.6) is 0 Å². The van der Waals surface area contributed by atoms with Crippen molar-refractivity contribution in [1.82, 2.24) is 20.0 Å². The van der Waals surface area contributed by atoms with Gasteiger partial charge in [0.05, 0.1) is 17.9 Å². The first-order chi connectivity index (χ1) is 14.3. The maximum atomic E-state index is 11.6. The zero-order valence-corrected chi connectivity index (χ0v) is 20.5. The summed E-state index contributed by atoms with van der Waals surface area (Å²) in [5, 5.41) is 17.4. The molecule has 2 aliphatic rings. The maximum absolute atomic E-state index is 11.6. The topological polar surface area (TPSA) is 81.7 Å². The zero-order chi connectivity index (χ0) is 23.0. The van der Waals surface area contributed by atoms with Gasteiger partial charge >= 0.3 is 6.09 Å². The first kappa shape index (κ1) is 24.1. The summed E-state index contributed by atoms with van der Waals surface area (Å²) >= 11 is 0. The van der Waals surface area contributed by atoms with E-state index in [0.717, 1.165) is 50.9 Å². The van der Waals surface area contributed by atoms with Gasteiger partial charge in [-0.3, -0.25) is 5.10 Å². The van der Waals surface area contributed by atoms with Gasteiger partial charge in [0.25, 0.3) is 0 Å². The van der Waals surface area contributed by atoms with Gasteiger partial charge < -0.3 is 19.6 Å². The van der Waals surface area contributed by atoms with Gasteiger partial charge in [0.2, 0.25) is 0 Å². The van der Waals surface area contributed by atoms with E-state index in [1.165, 1.54) is 16.2 Å². The van der Waals surface area contributed by atoms with E-state index in [9.17, 15) is 9.90 Å². The number of likely N-dealkylation sites (N-methyl/N-ethyl adjacent to an activating group) is 1. The van der Waals surface area contributed by atoms with Gasteiger partial charge in [-0.15, -0.1) is 0 Å². The van der Waals surface area contributed by atoms with Crippen molar-refractivity contribution in [3.63, 3.8) is 0 Å². The molecule has 0 unspecified atom stereocenters. The number of aromatic amines is 1. The Balaban J connectivity index is 1.61. The molecule has 1 aliphatic heterocycles. The minimum atomic E-state index is -0.866. The Morgan fingerprint density at radius 1 is 1.26 bits per heavy atom. The van der Waals surface area contributed by atoms with Crippen LogP contribution in [0.4, 0.5) is 4.79 Å². The fourth-order valence-corrected chi connectivity index (χ4v) is 5.41. The van der Waals surface area contributed by atoms with Crippen LogP contribution in [0.1, 0.15) is 89.6 Å². The van der Waals surface area contributed by atoms with Crippen LogP contribution in [-0.4, -0.2) is 69.1 Å². The van der Waals surface area contributed by atoms with Crippen LogP contribution in [0, 0.1) is 12.3 Å². The first-order valence-electron chi connectivity index (χ1n) is 11.7. The van der Waals surface area contributed by atoms with Gasteiger partial charge in [-0.1, -0.05) is 13.8 Å². The number of ether oxygens (including phenoxy) is 1. The van der Waals surface area contributed by atoms with Gasteiger partial charge in [-0.25, -0.2) is 4.79 Å². The normalized spacial score (nSPS) is 26.0. The number of hydrogen-bond donors (Lipinski definition) is 2. The minimum Gasteiger partial charge on any atom is -0.465 e. The Morgan fingerprint density at radius 2 is 1.90 bits per heavy atom. The molecule has 1 aromatic heterocycles. The van der Waals surface area contributed by atoms with Gasteiger partial charge in [0.1, 0.15) is 0 Å². The third kappa shape index (κ3) is 5.61. The van der Waals surface area contributed by atoms with Crippen LogP contribution < -0.4 is 0 Å². The van der Waals surface area contributed by atoms with E-state index in [0.29, 0.717) is 24.4 Å². The summed E-state index contributed by atoms with van der Waals surface area (Å²) in [7, 11) is 2.06. The number of aryl methyl sites for hydroxylation is 1. The van der Waals surface area contributed by atoms with Crippen molar-refractivity contribution in [3.8, 4) is 0 Å². The van der Waals surface area contributed by atoms with Crippen molar-refractivity contribution in [3.05, 3.63) is 17.0 Å². The molecule has 1 amide bonds. The van der Waals surface area contributed by atoms with E-state index < -0.39 is 11.6 Å². The highest BCUT2D eigenvalue weighted by atomic mass is 16.5. The lowest BCUT2D eigenvalue weighted by atomic mass is 9.72. The molecule has 2 heterocycles. The summed E-state index contributed by atoms with van der Waals surface area (Å²) in [5.41, 5.74) is 3.55. The molecular weight excluding hydrogens is 392 g/mol. The predicted molar refractivity (Wildman–Crippen MR) is 122 cm³/mol. The highest BCUT2D eigenvalue weighted by Crippen LogP contribution is 2.50. The second-order valence-electron chi connectivity index (χ2n) is 11.6. The Labute approximate surface area is 187 Å². The molecular formula is C24H42N4O3. The van der Waals surface area contributed by atoms with Crippen molar-refractivity contribution in [2.45, 2.75) is 97.2 Å². The fraction of sp³-hybridized carbons (Fsp3) is 0.833. The molecule has 2 fully saturated rings. The van der Waals surface area contributed by atoms with E-state index in [1.807, 2.05) is 20.8 Å². The van der Waals surface area contributed by atoms with Crippen molar-refractivity contribution in [2.75, 3.05) is 26.7 Å². The highest BCUT2D eigenvalue weighted by Gasteiger charge is 2.46. The average molecular weight is 435 g/mol. The lowest BCUT2D eigenvalue weighted by molar-refractivity contribution is -0.0296. The molecule has 7 heteroatoms. The number of carboxylic acid groups (broad SMARTS) is 1. The fourth-order valence-electron chi connectivity index (χ4n) is 5.41. The number of hydrogen-bond acceptors (Lipinski definition) is 4. The molecule has 176 valence electrons. The van der Waals surface area contributed by atoms with Crippen molar-refractivity contribution in [1.29, 1.82) is 0 Å². The van der Waals surface area contributed by atoms with Gasteiger partial charge in [0.15, 0.2) is 0 Å². The molecule has 0 aromatic carbocycles. The first-order valence-corrected chi connectivity index (χ1v) is 11.7. The number of nitrogens with one attached hydrogen (secondary N) is 1. The Hall–Kier alpha value is -1.60. The molecule has 0 bridgehead atoms. The third-order valence-corrected chi connectivity index (χ3v) is 7.13. The second-order valence-corrected chi connectivity index (χ2v) is 11.6. The SMILES string of the molecule is Cc1[nH]nc(C2CCC3(CC2)CC(C)(C)CO3)c1CN(C)CCN(C(=O)O)C(C)(C)C. The van der Waals surface area contributed by atoms with Crippen LogP contribution in [-0.2, 0) is 11.3 Å². The Morgan fingerprint density at radius 3 is 2.42 bits per heavy atom. The number of rotatable bonds is 6. The largest absolute Gasteiger partial charge is 0.465 e. The molecule has 1 saturated carbocycles. The second kappa shape index (κ2) is 8.74. The zero-order valence-electron chi connectivity index (χ0n) is 20.5. The Bertz CT molecular complexity index is 772. The number of nitrogens with zero attached hydrogens (tertiary/aromatic N) is 3. The number of carbonyl (C=O) groups is 1. The molecule has 3 rings (SSSR count). The Kier molecular flexibility index (Phi) is 6.78. The molecule has 1 aliphatic carbocycles. The van der Waals surface area contributed by atoms with E-state index >= 15 is 0 Å². The number of H-pyrrole nitrogens is 1. The summed E-state index contributed by atoms with van der Waals surface area (Å²) in [6.45, 7) is 15.3. The lowest BCUT2D eigenvalue weighted by Gasteiger charge is -2.37. The maximum Gasteiger partial charge on any atom is 0.407 e. The summed E-state index contributed by atoms with van der Waals surface area (Å²) < 4.78 is 6.29. The van der Waals surface area contributed by atoms with E-state index in [2.05, 4.69) is 37.8 Å². The van der Waals surface area contributed by atoms with Crippen LogP contribution >= 0.6 is 0 Å². The number of amides is 1. The molecule has 1 spiro atoms. The van der Waals surface area contributed by atoms with Crippen LogP contribution in [0.15, 0.2) is 0 Å². The van der Waals surface area contributed by atoms with Crippen molar-refractivity contribution < 1.29 is 14.6 Å².